The highest BCUT2D eigenvalue weighted by molar-refractivity contribution is 5.94. The molecule has 0 bridgehead atoms. The molecule has 28 heavy (non-hydrogen) atoms. The summed E-state index contributed by atoms with van der Waals surface area (Å²) >= 11 is 0. The number of piperidine rings is 1. The molecule has 2 aliphatic heterocycles. The number of nitrogens with zero attached hydrogens (tertiary/aromatic N) is 3. The van der Waals surface area contributed by atoms with Crippen LogP contribution in [-0.4, -0.2) is 47.1 Å². The number of carbonyl (C=O) groups is 2. The van der Waals surface area contributed by atoms with Gasteiger partial charge in [0.1, 0.15) is 5.60 Å². The van der Waals surface area contributed by atoms with Crippen LogP contribution in [0.4, 0.5) is 23.7 Å². The summed E-state index contributed by atoms with van der Waals surface area (Å²) in [4.78, 5) is 31.4. The van der Waals surface area contributed by atoms with Gasteiger partial charge in [-0.15, -0.1) is 0 Å². The Morgan fingerprint density at radius 1 is 1.18 bits per heavy atom. The molecule has 0 radical (unpaired) electrons. The first-order chi connectivity index (χ1) is 12.9. The van der Waals surface area contributed by atoms with E-state index in [2.05, 4.69) is 4.98 Å². The van der Waals surface area contributed by atoms with Crippen LogP contribution >= 0.6 is 0 Å². The van der Waals surface area contributed by atoms with Crippen molar-refractivity contribution in [2.75, 3.05) is 24.5 Å². The molecule has 154 valence electrons. The molecule has 1 atom stereocenters. The molecule has 0 aromatic carbocycles. The van der Waals surface area contributed by atoms with Gasteiger partial charge in [0.05, 0.1) is 17.4 Å². The topological polar surface area (TPSA) is 62.7 Å². The Labute approximate surface area is 161 Å². The van der Waals surface area contributed by atoms with E-state index in [1.54, 1.807) is 25.7 Å². The van der Waals surface area contributed by atoms with Gasteiger partial charge >= 0.3 is 12.3 Å². The summed E-state index contributed by atoms with van der Waals surface area (Å²) in [5, 5.41) is 0. The molecule has 3 rings (SSSR count). The number of ether oxygens (including phenoxy) is 1. The fourth-order valence-corrected chi connectivity index (χ4v) is 3.73. The van der Waals surface area contributed by atoms with E-state index >= 15 is 0 Å². The van der Waals surface area contributed by atoms with Crippen LogP contribution in [0.15, 0.2) is 18.5 Å². The molecule has 0 aliphatic carbocycles. The van der Waals surface area contributed by atoms with Crippen molar-refractivity contribution in [1.29, 1.82) is 0 Å². The smallest absolute Gasteiger partial charge is 0.417 e. The standard InChI is InChI=1S/C19H24F3N3O3/c1-17(2,3)28-16(27)24-7-6-18(11-24)5-4-15(26)25(12-18)14-8-13(9-23-10-14)19(20,21)22/h8-10H,4-7,11-12H2,1-3H3. The van der Waals surface area contributed by atoms with E-state index in [1.807, 2.05) is 0 Å². The summed E-state index contributed by atoms with van der Waals surface area (Å²) in [5.74, 6) is -0.234. The maximum atomic E-state index is 13.0. The SMILES string of the molecule is CC(C)(C)OC(=O)N1CCC2(CCC(=O)N(c3cncc(C(F)(F)F)c3)C2)C1. The van der Waals surface area contributed by atoms with Crippen molar-refractivity contribution in [2.45, 2.75) is 51.8 Å². The van der Waals surface area contributed by atoms with E-state index in [-0.39, 0.29) is 30.0 Å². The van der Waals surface area contributed by atoms with E-state index in [0.717, 1.165) is 12.3 Å². The Bertz CT molecular complexity index is 776. The van der Waals surface area contributed by atoms with Crippen molar-refractivity contribution >= 4 is 17.7 Å². The number of carbonyl (C=O) groups excluding carboxylic acids is 2. The molecule has 2 fully saturated rings. The Morgan fingerprint density at radius 2 is 1.89 bits per heavy atom. The number of anilines is 1. The van der Waals surface area contributed by atoms with E-state index in [9.17, 15) is 22.8 Å². The fourth-order valence-electron chi connectivity index (χ4n) is 3.73. The summed E-state index contributed by atoms with van der Waals surface area (Å²) in [6.07, 6.45) is -1.44. The molecule has 2 amide bonds. The quantitative estimate of drug-likeness (QED) is 0.720. The van der Waals surface area contributed by atoms with Crippen molar-refractivity contribution < 1.29 is 27.5 Å². The van der Waals surface area contributed by atoms with Gasteiger partial charge < -0.3 is 14.5 Å². The van der Waals surface area contributed by atoms with Gasteiger partial charge in [-0.2, -0.15) is 13.2 Å². The third-order valence-electron chi connectivity index (χ3n) is 5.12. The molecule has 1 spiro atoms. The summed E-state index contributed by atoms with van der Waals surface area (Å²) in [5.41, 5.74) is -1.71. The minimum atomic E-state index is -4.53. The van der Waals surface area contributed by atoms with Crippen molar-refractivity contribution in [3.63, 3.8) is 0 Å². The van der Waals surface area contributed by atoms with Gasteiger partial charge in [0.25, 0.3) is 0 Å². The van der Waals surface area contributed by atoms with Crippen molar-refractivity contribution in [3.8, 4) is 0 Å². The Morgan fingerprint density at radius 3 is 2.54 bits per heavy atom. The average molecular weight is 399 g/mol. The van der Waals surface area contributed by atoms with Crippen LogP contribution in [0.2, 0.25) is 0 Å². The maximum absolute atomic E-state index is 13.0. The van der Waals surface area contributed by atoms with Crippen LogP contribution in [-0.2, 0) is 15.7 Å². The molecule has 1 unspecified atom stereocenters. The van der Waals surface area contributed by atoms with Gasteiger partial charge in [0.2, 0.25) is 5.91 Å². The van der Waals surface area contributed by atoms with Crippen molar-refractivity contribution in [3.05, 3.63) is 24.0 Å². The number of hydrogen-bond donors (Lipinski definition) is 0. The molecule has 6 nitrogen and oxygen atoms in total. The predicted molar refractivity (Wildman–Crippen MR) is 95.7 cm³/mol. The minimum Gasteiger partial charge on any atom is -0.444 e. The third kappa shape index (κ3) is 4.39. The third-order valence-corrected chi connectivity index (χ3v) is 5.12. The summed E-state index contributed by atoms with van der Waals surface area (Å²) in [7, 11) is 0. The first-order valence-electron chi connectivity index (χ1n) is 9.19. The lowest BCUT2D eigenvalue weighted by Crippen LogP contribution is -2.48. The molecule has 0 saturated carbocycles. The molecule has 3 heterocycles. The summed E-state index contributed by atoms with van der Waals surface area (Å²) in [6, 6.07) is 0.949. The second-order valence-electron chi connectivity index (χ2n) is 8.56. The molecule has 9 heteroatoms. The van der Waals surface area contributed by atoms with Crippen LogP contribution in [0.5, 0.6) is 0 Å². The second kappa shape index (κ2) is 6.93. The van der Waals surface area contributed by atoms with Crippen LogP contribution in [0, 0.1) is 5.41 Å². The summed E-state index contributed by atoms with van der Waals surface area (Å²) in [6.45, 7) is 6.54. The number of amides is 2. The zero-order valence-corrected chi connectivity index (χ0v) is 16.2. The number of pyridine rings is 1. The lowest BCUT2D eigenvalue weighted by atomic mass is 9.79. The van der Waals surface area contributed by atoms with E-state index < -0.39 is 23.4 Å². The second-order valence-corrected chi connectivity index (χ2v) is 8.56. The van der Waals surface area contributed by atoms with Gasteiger partial charge in [0, 0.05) is 37.7 Å². The lowest BCUT2D eigenvalue weighted by molar-refractivity contribution is -0.137. The molecule has 1 aromatic rings. The fraction of sp³-hybridized carbons (Fsp3) is 0.632. The lowest BCUT2D eigenvalue weighted by Gasteiger charge is -2.40. The molecular weight excluding hydrogens is 375 g/mol. The summed E-state index contributed by atoms with van der Waals surface area (Å²) < 4.78 is 44.4. The number of rotatable bonds is 1. The first-order valence-corrected chi connectivity index (χ1v) is 9.19. The van der Waals surface area contributed by atoms with Crippen LogP contribution in [0.1, 0.15) is 45.6 Å². The van der Waals surface area contributed by atoms with Crippen LogP contribution in [0.3, 0.4) is 0 Å². The largest absolute Gasteiger partial charge is 0.444 e. The normalized spacial score (nSPS) is 23.4. The van der Waals surface area contributed by atoms with E-state index in [4.69, 9.17) is 4.74 Å². The molecule has 1 aromatic heterocycles. The average Bonchev–Trinajstić information content (AvgIpc) is 2.99. The number of halogens is 3. The highest BCUT2D eigenvalue weighted by Gasteiger charge is 2.46. The Hall–Kier alpha value is -2.32. The van der Waals surface area contributed by atoms with E-state index in [0.29, 0.717) is 25.9 Å². The highest BCUT2D eigenvalue weighted by Crippen LogP contribution is 2.41. The Kier molecular flexibility index (Phi) is 5.05. The molecule has 0 N–H and O–H groups in total. The maximum Gasteiger partial charge on any atom is 0.417 e. The molecule has 2 aliphatic rings. The highest BCUT2D eigenvalue weighted by atomic mass is 19.4. The van der Waals surface area contributed by atoms with Gasteiger partial charge in [-0.05, 0) is 39.7 Å². The van der Waals surface area contributed by atoms with Crippen molar-refractivity contribution in [1.82, 2.24) is 9.88 Å². The molecular formula is C19H24F3N3O3. The number of hydrogen-bond acceptors (Lipinski definition) is 4. The zero-order valence-electron chi connectivity index (χ0n) is 16.2. The van der Waals surface area contributed by atoms with Gasteiger partial charge in [-0.25, -0.2) is 4.79 Å². The number of aromatic nitrogens is 1. The van der Waals surface area contributed by atoms with E-state index in [1.165, 1.54) is 11.1 Å². The minimum absolute atomic E-state index is 0.134. The van der Waals surface area contributed by atoms with Gasteiger partial charge in [0.15, 0.2) is 0 Å². The monoisotopic (exact) mass is 399 g/mol. The van der Waals surface area contributed by atoms with Crippen molar-refractivity contribution in [2.24, 2.45) is 5.41 Å². The zero-order chi connectivity index (χ0) is 20.7. The van der Waals surface area contributed by atoms with Gasteiger partial charge in [-0.1, -0.05) is 0 Å². The van der Waals surface area contributed by atoms with Gasteiger partial charge in [-0.3, -0.25) is 9.78 Å². The van der Waals surface area contributed by atoms with Crippen LogP contribution in [0.25, 0.3) is 0 Å². The number of likely N-dealkylation sites (tertiary alicyclic amines) is 1. The molecule has 2 saturated heterocycles. The predicted octanol–water partition coefficient (Wildman–Crippen LogP) is 3.85. The number of alkyl halides is 3. The first kappa shape index (κ1) is 20.4. The van der Waals surface area contributed by atoms with Crippen LogP contribution < -0.4 is 4.90 Å². The Balaban J connectivity index is 1.77.